The zero-order valence-corrected chi connectivity index (χ0v) is 10.5. The van der Waals surface area contributed by atoms with Gasteiger partial charge in [0.2, 0.25) is 5.91 Å². The number of amides is 1. The van der Waals surface area contributed by atoms with Gasteiger partial charge in [-0.05, 0) is 38.8 Å². The van der Waals surface area contributed by atoms with Gasteiger partial charge in [-0.2, -0.15) is 0 Å². The lowest BCUT2D eigenvalue weighted by molar-refractivity contribution is -0.135. The zero-order valence-electron chi connectivity index (χ0n) is 10.5. The molecule has 4 nitrogen and oxygen atoms in total. The second kappa shape index (κ2) is 4.94. The van der Waals surface area contributed by atoms with Gasteiger partial charge in [0.05, 0.1) is 5.92 Å². The van der Waals surface area contributed by atoms with Crippen LogP contribution in [-0.4, -0.2) is 61.0 Å². The molecule has 0 aliphatic carbocycles. The maximum atomic E-state index is 12.4. The van der Waals surface area contributed by atoms with E-state index in [2.05, 4.69) is 15.1 Å². The number of rotatable bonds is 1. The van der Waals surface area contributed by atoms with E-state index in [-0.39, 0.29) is 5.92 Å². The largest absolute Gasteiger partial charge is 0.341 e. The quantitative estimate of drug-likeness (QED) is 0.712. The average molecular weight is 237 g/mol. The number of fused-ring (bicyclic) bond motifs is 1. The van der Waals surface area contributed by atoms with Gasteiger partial charge >= 0.3 is 0 Å². The molecule has 4 heteroatoms. The number of hydrogen-bond acceptors (Lipinski definition) is 3. The van der Waals surface area contributed by atoms with E-state index in [1.165, 1.54) is 25.9 Å². The second-order valence-electron chi connectivity index (χ2n) is 5.66. The Labute approximate surface area is 103 Å². The third-order valence-corrected chi connectivity index (χ3v) is 4.52. The van der Waals surface area contributed by atoms with E-state index in [4.69, 9.17) is 0 Å². The number of nitrogens with zero attached hydrogens (tertiary/aromatic N) is 2. The monoisotopic (exact) mass is 237 g/mol. The minimum Gasteiger partial charge on any atom is -0.341 e. The summed E-state index contributed by atoms with van der Waals surface area (Å²) in [6, 6.07) is 0.649. The Morgan fingerprint density at radius 3 is 2.82 bits per heavy atom. The van der Waals surface area contributed by atoms with E-state index >= 15 is 0 Å². The summed E-state index contributed by atoms with van der Waals surface area (Å²) in [4.78, 5) is 17.1. The minimum absolute atomic E-state index is 0.253. The molecular weight excluding hydrogens is 214 g/mol. The molecule has 0 radical (unpaired) electrons. The van der Waals surface area contributed by atoms with Crippen molar-refractivity contribution in [3.63, 3.8) is 0 Å². The van der Waals surface area contributed by atoms with Crippen LogP contribution in [0.4, 0.5) is 0 Å². The van der Waals surface area contributed by atoms with E-state index in [1.54, 1.807) is 0 Å². The molecule has 0 bridgehead atoms. The highest BCUT2D eigenvalue weighted by molar-refractivity contribution is 5.79. The molecule has 0 aromatic carbocycles. The van der Waals surface area contributed by atoms with Crippen LogP contribution in [0.3, 0.4) is 0 Å². The van der Waals surface area contributed by atoms with Crippen LogP contribution in [0.5, 0.6) is 0 Å². The van der Waals surface area contributed by atoms with Crippen LogP contribution in [-0.2, 0) is 4.79 Å². The fourth-order valence-corrected chi connectivity index (χ4v) is 3.53. The summed E-state index contributed by atoms with van der Waals surface area (Å²) in [5, 5.41) is 3.30. The number of nitrogens with one attached hydrogen (secondary N) is 1. The normalized spacial score (nSPS) is 34.7. The molecule has 3 rings (SSSR count). The zero-order chi connectivity index (χ0) is 11.7. The molecule has 3 aliphatic rings. The van der Waals surface area contributed by atoms with Gasteiger partial charge in [0.15, 0.2) is 0 Å². The van der Waals surface area contributed by atoms with Gasteiger partial charge in [-0.1, -0.05) is 0 Å². The molecule has 17 heavy (non-hydrogen) atoms. The molecule has 2 atom stereocenters. The summed E-state index contributed by atoms with van der Waals surface area (Å²) in [5.41, 5.74) is 0. The molecule has 0 aromatic rings. The topological polar surface area (TPSA) is 35.6 Å². The Hall–Kier alpha value is -0.610. The molecule has 96 valence electrons. The SMILES string of the molecule is O=C(C1CCNC1)N1CCCN2CCCC2C1. The first-order valence-corrected chi connectivity index (χ1v) is 7.08. The van der Waals surface area contributed by atoms with Crippen molar-refractivity contribution < 1.29 is 4.79 Å². The van der Waals surface area contributed by atoms with Gasteiger partial charge in [-0.25, -0.2) is 0 Å². The Bertz CT molecular complexity index is 288. The molecule has 3 saturated heterocycles. The first-order chi connectivity index (χ1) is 8.34. The van der Waals surface area contributed by atoms with E-state index < -0.39 is 0 Å². The van der Waals surface area contributed by atoms with Gasteiger partial charge in [0, 0.05) is 32.2 Å². The average Bonchev–Trinajstić information content (AvgIpc) is 2.96. The van der Waals surface area contributed by atoms with E-state index in [1.807, 2.05) is 0 Å². The molecule has 2 unspecified atom stereocenters. The molecule has 3 fully saturated rings. The van der Waals surface area contributed by atoms with Gasteiger partial charge in [-0.15, -0.1) is 0 Å². The maximum Gasteiger partial charge on any atom is 0.227 e. The molecule has 0 saturated carbocycles. The fourth-order valence-electron chi connectivity index (χ4n) is 3.53. The summed E-state index contributed by atoms with van der Waals surface area (Å²) in [7, 11) is 0. The van der Waals surface area contributed by atoms with Crippen molar-refractivity contribution in [2.75, 3.05) is 39.3 Å². The van der Waals surface area contributed by atoms with Gasteiger partial charge in [0.1, 0.15) is 0 Å². The lowest BCUT2D eigenvalue weighted by Gasteiger charge is -2.27. The predicted molar refractivity (Wildman–Crippen MR) is 66.8 cm³/mol. The summed E-state index contributed by atoms with van der Waals surface area (Å²) >= 11 is 0. The van der Waals surface area contributed by atoms with Gasteiger partial charge < -0.3 is 10.2 Å². The molecule has 0 aromatic heterocycles. The summed E-state index contributed by atoms with van der Waals surface area (Å²) in [6.07, 6.45) is 4.79. The number of carbonyl (C=O) groups excluding carboxylic acids is 1. The fraction of sp³-hybridized carbons (Fsp3) is 0.923. The smallest absolute Gasteiger partial charge is 0.227 e. The molecular formula is C13H23N3O. The molecule has 1 N–H and O–H groups in total. The summed E-state index contributed by atoms with van der Waals surface area (Å²) < 4.78 is 0. The van der Waals surface area contributed by atoms with Crippen molar-refractivity contribution in [3.05, 3.63) is 0 Å². The van der Waals surface area contributed by atoms with E-state index in [0.717, 1.165) is 39.0 Å². The Balaban J connectivity index is 1.63. The Morgan fingerprint density at radius 2 is 2.00 bits per heavy atom. The third kappa shape index (κ3) is 2.33. The predicted octanol–water partition coefficient (Wildman–Crippen LogP) is 0.293. The maximum absolute atomic E-state index is 12.4. The van der Waals surface area contributed by atoms with Crippen LogP contribution in [0.15, 0.2) is 0 Å². The summed E-state index contributed by atoms with van der Waals surface area (Å²) in [5.74, 6) is 0.659. The molecule has 3 aliphatic heterocycles. The van der Waals surface area contributed by atoms with Crippen molar-refractivity contribution >= 4 is 5.91 Å². The van der Waals surface area contributed by atoms with E-state index in [9.17, 15) is 4.79 Å². The van der Waals surface area contributed by atoms with Crippen LogP contribution in [0.1, 0.15) is 25.7 Å². The van der Waals surface area contributed by atoms with Crippen molar-refractivity contribution in [3.8, 4) is 0 Å². The first-order valence-electron chi connectivity index (χ1n) is 7.08. The van der Waals surface area contributed by atoms with Crippen molar-refractivity contribution in [2.45, 2.75) is 31.7 Å². The molecule has 1 amide bonds. The highest BCUT2D eigenvalue weighted by Gasteiger charge is 2.33. The minimum atomic E-state index is 0.253. The third-order valence-electron chi connectivity index (χ3n) is 4.52. The Kier molecular flexibility index (Phi) is 3.34. The lowest BCUT2D eigenvalue weighted by Crippen LogP contribution is -2.42. The van der Waals surface area contributed by atoms with Crippen LogP contribution < -0.4 is 5.32 Å². The first kappa shape index (κ1) is 11.5. The standard InChI is InChI=1S/C13H23N3O/c17-13(11-4-5-14-9-11)16-8-2-7-15-6-1-3-12(15)10-16/h11-12,14H,1-10H2. The van der Waals surface area contributed by atoms with E-state index in [0.29, 0.717) is 11.9 Å². The van der Waals surface area contributed by atoms with Crippen molar-refractivity contribution in [1.82, 2.24) is 15.1 Å². The lowest BCUT2D eigenvalue weighted by atomic mass is 10.1. The number of hydrogen-bond donors (Lipinski definition) is 1. The highest BCUT2D eigenvalue weighted by atomic mass is 16.2. The van der Waals surface area contributed by atoms with Crippen LogP contribution in [0, 0.1) is 5.92 Å². The van der Waals surface area contributed by atoms with Crippen molar-refractivity contribution in [2.24, 2.45) is 5.92 Å². The molecule has 3 heterocycles. The summed E-state index contributed by atoms with van der Waals surface area (Å²) in [6.45, 7) is 6.30. The van der Waals surface area contributed by atoms with Crippen LogP contribution >= 0.6 is 0 Å². The van der Waals surface area contributed by atoms with Crippen LogP contribution in [0.25, 0.3) is 0 Å². The Morgan fingerprint density at radius 1 is 1.12 bits per heavy atom. The highest BCUT2D eigenvalue weighted by Crippen LogP contribution is 2.23. The second-order valence-corrected chi connectivity index (χ2v) is 5.66. The van der Waals surface area contributed by atoms with Crippen LogP contribution in [0.2, 0.25) is 0 Å². The van der Waals surface area contributed by atoms with Crippen molar-refractivity contribution in [1.29, 1.82) is 0 Å². The van der Waals surface area contributed by atoms with Gasteiger partial charge in [0.25, 0.3) is 0 Å². The molecule has 0 spiro atoms. The van der Waals surface area contributed by atoms with Gasteiger partial charge in [-0.3, -0.25) is 9.69 Å². The number of carbonyl (C=O) groups is 1.